The lowest BCUT2D eigenvalue weighted by Crippen LogP contribution is -2.25. The predicted molar refractivity (Wildman–Crippen MR) is 131 cm³/mol. The van der Waals surface area contributed by atoms with Crippen molar-refractivity contribution in [2.45, 2.75) is 31.5 Å². The van der Waals surface area contributed by atoms with Crippen LogP contribution in [0.15, 0.2) is 82.7 Å². The van der Waals surface area contributed by atoms with Crippen LogP contribution in [0.1, 0.15) is 30.9 Å². The van der Waals surface area contributed by atoms with E-state index in [9.17, 15) is 14.0 Å². The molecule has 0 aliphatic heterocycles. The average Bonchev–Trinajstić information content (AvgIpc) is 2.81. The second-order valence-electron chi connectivity index (χ2n) is 8.05. The smallest absolute Gasteiger partial charge is 0.262 e. The minimum atomic E-state index is -0.337. The van der Waals surface area contributed by atoms with Crippen molar-refractivity contribution in [1.29, 1.82) is 0 Å². The zero-order chi connectivity index (χ0) is 23.4. The number of carbonyl (C=O) groups excluding carboxylic acids is 1. The molecule has 0 aliphatic rings. The van der Waals surface area contributed by atoms with E-state index in [-0.39, 0.29) is 29.6 Å². The van der Waals surface area contributed by atoms with Crippen LogP contribution in [0.25, 0.3) is 10.9 Å². The third-order valence-corrected chi connectivity index (χ3v) is 6.23. The van der Waals surface area contributed by atoms with E-state index >= 15 is 0 Å². The van der Waals surface area contributed by atoms with Gasteiger partial charge in [0.1, 0.15) is 5.82 Å². The van der Waals surface area contributed by atoms with Crippen molar-refractivity contribution in [3.05, 3.63) is 100 Å². The molecular weight excluding hydrogens is 437 g/mol. The van der Waals surface area contributed by atoms with Crippen molar-refractivity contribution in [2.75, 3.05) is 11.1 Å². The van der Waals surface area contributed by atoms with Crippen molar-refractivity contribution in [3.63, 3.8) is 0 Å². The van der Waals surface area contributed by atoms with Crippen LogP contribution in [0, 0.1) is 5.82 Å². The molecular formula is C26H24FN3O2S. The molecule has 1 amide bonds. The molecule has 33 heavy (non-hydrogen) atoms. The molecule has 1 aromatic heterocycles. The first-order valence-electron chi connectivity index (χ1n) is 10.7. The highest BCUT2D eigenvalue weighted by Gasteiger charge is 2.14. The third kappa shape index (κ3) is 5.49. The number of halogens is 1. The van der Waals surface area contributed by atoms with Gasteiger partial charge in [0.2, 0.25) is 5.91 Å². The number of amides is 1. The summed E-state index contributed by atoms with van der Waals surface area (Å²) in [5, 5.41) is 3.86. The van der Waals surface area contributed by atoms with Gasteiger partial charge in [-0.1, -0.05) is 62.0 Å². The van der Waals surface area contributed by atoms with E-state index in [2.05, 4.69) is 24.1 Å². The summed E-state index contributed by atoms with van der Waals surface area (Å²) in [6, 6.07) is 20.9. The van der Waals surface area contributed by atoms with Crippen molar-refractivity contribution >= 4 is 34.3 Å². The van der Waals surface area contributed by atoms with Gasteiger partial charge in [0.15, 0.2) is 5.16 Å². The zero-order valence-electron chi connectivity index (χ0n) is 18.4. The van der Waals surface area contributed by atoms with Gasteiger partial charge in [-0.25, -0.2) is 9.37 Å². The molecule has 5 nitrogen and oxygen atoms in total. The van der Waals surface area contributed by atoms with E-state index in [1.165, 1.54) is 28.5 Å². The van der Waals surface area contributed by atoms with Crippen LogP contribution in [-0.4, -0.2) is 21.2 Å². The molecule has 7 heteroatoms. The molecule has 0 unspecified atom stereocenters. The minimum Gasteiger partial charge on any atom is -0.325 e. The van der Waals surface area contributed by atoms with Crippen LogP contribution < -0.4 is 10.9 Å². The Hall–Kier alpha value is -3.45. The number of fused-ring (bicyclic) bond motifs is 1. The normalized spacial score (nSPS) is 11.2. The van der Waals surface area contributed by atoms with Gasteiger partial charge in [-0.2, -0.15) is 0 Å². The Kier molecular flexibility index (Phi) is 6.89. The molecule has 0 aliphatic carbocycles. The van der Waals surface area contributed by atoms with Crippen LogP contribution in [0.2, 0.25) is 0 Å². The number of aromatic nitrogens is 2. The second kappa shape index (κ2) is 10.0. The fourth-order valence-electron chi connectivity index (χ4n) is 3.47. The van der Waals surface area contributed by atoms with Crippen LogP contribution in [-0.2, 0) is 11.3 Å². The minimum absolute atomic E-state index is 0.0973. The Morgan fingerprint density at radius 2 is 1.82 bits per heavy atom. The van der Waals surface area contributed by atoms with Crippen molar-refractivity contribution < 1.29 is 9.18 Å². The quantitative estimate of drug-likeness (QED) is 0.294. The molecule has 0 atom stereocenters. The largest absolute Gasteiger partial charge is 0.325 e. The van der Waals surface area contributed by atoms with Crippen molar-refractivity contribution in [3.8, 4) is 0 Å². The summed E-state index contributed by atoms with van der Waals surface area (Å²) in [6.45, 7) is 4.43. The number of nitrogens with one attached hydrogen (secondary N) is 1. The van der Waals surface area contributed by atoms with Crippen LogP contribution >= 0.6 is 11.8 Å². The van der Waals surface area contributed by atoms with Gasteiger partial charge in [0.05, 0.1) is 23.2 Å². The molecule has 0 saturated carbocycles. The van der Waals surface area contributed by atoms with Gasteiger partial charge in [-0.3, -0.25) is 14.2 Å². The first-order chi connectivity index (χ1) is 15.9. The predicted octanol–water partition coefficient (Wildman–Crippen LogP) is 5.44. The van der Waals surface area contributed by atoms with Crippen LogP contribution in [0.5, 0.6) is 0 Å². The fraction of sp³-hybridized carbons (Fsp3) is 0.192. The van der Waals surface area contributed by atoms with Crippen molar-refractivity contribution in [1.82, 2.24) is 9.55 Å². The zero-order valence-corrected chi connectivity index (χ0v) is 19.2. The summed E-state index contributed by atoms with van der Waals surface area (Å²) in [5.41, 5.74) is 3.03. The molecule has 0 bridgehead atoms. The summed E-state index contributed by atoms with van der Waals surface area (Å²) in [5.74, 6) is -0.0637. The maximum atomic E-state index is 13.3. The molecule has 0 radical (unpaired) electrons. The average molecular weight is 462 g/mol. The highest BCUT2D eigenvalue weighted by atomic mass is 32.2. The lowest BCUT2D eigenvalue weighted by Gasteiger charge is -2.14. The van der Waals surface area contributed by atoms with E-state index in [0.29, 0.717) is 22.0 Å². The fourth-order valence-corrected chi connectivity index (χ4v) is 4.27. The number of hydrogen-bond acceptors (Lipinski definition) is 4. The number of thioether (sulfide) groups is 1. The molecule has 4 rings (SSSR count). The number of rotatable bonds is 7. The van der Waals surface area contributed by atoms with E-state index in [4.69, 9.17) is 0 Å². The molecule has 3 aromatic carbocycles. The number of para-hydroxylation sites is 1. The topological polar surface area (TPSA) is 64.0 Å². The number of benzene rings is 3. The Bertz CT molecular complexity index is 1350. The van der Waals surface area contributed by atoms with E-state index < -0.39 is 0 Å². The Morgan fingerprint density at radius 1 is 1.06 bits per heavy atom. The summed E-state index contributed by atoms with van der Waals surface area (Å²) >= 11 is 1.20. The summed E-state index contributed by atoms with van der Waals surface area (Å²) in [7, 11) is 0. The highest BCUT2D eigenvalue weighted by Crippen LogP contribution is 2.21. The van der Waals surface area contributed by atoms with Gasteiger partial charge in [0.25, 0.3) is 5.56 Å². The third-order valence-electron chi connectivity index (χ3n) is 5.25. The molecule has 4 aromatic rings. The molecule has 0 fully saturated rings. The Morgan fingerprint density at radius 3 is 2.58 bits per heavy atom. The Balaban J connectivity index is 1.58. The number of anilines is 1. The molecule has 1 N–H and O–H groups in total. The van der Waals surface area contributed by atoms with E-state index in [0.717, 1.165) is 16.8 Å². The lowest BCUT2D eigenvalue weighted by atomic mass is 10.0. The maximum Gasteiger partial charge on any atom is 0.262 e. The van der Waals surface area contributed by atoms with Crippen molar-refractivity contribution in [2.24, 2.45) is 0 Å². The monoisotopic (exact) mass is 461 g/mol. The van der Waals surface area contributed by atoms with Gasteiger partial charge >= 0.3 is 0 Å². The summed E-state index contributed by atoms with van der Waals surface area (Å²) < 4.78 is 14.9. The summed E-state index contributed by atoms with van der Waals surface area (Å²) in [4.78, 5) is 30.5. The highest BCUT2D eigenvalue weighted by molar-refractivity contribution is 7.99. The number of carbonyl (C=O) groups is 1. The first-order valence-corrected chi connectivity index (χ1v) is 11.7. The maximum absolute atomic E-state index is 13.3. The van der Waals surface area contributed by atoms with Gasteiger partial charge in [-0.05, 0) is 53.4 Å². The van der Waals surface area contributed by atoms with E-state index in [1.807, 2.05) is 30.3 Å². The molecule has 1 heterocycles. The van der Waals surface area contributed by atoms with Gasteiger partial charge in [0, 0.05) is 5.69 Å². The number of hydrogen-bond donors (Lipinski definition) is 1. The molecule has 0 spiro atoms. The molecule has 168 valence electrons. The van der Waals surface area contributed by atoms with E-state index in [1.54, 1.807) is 30.3 Å². The Labute approximate surface area is 195 Å². The standard InChI is InChI=1S/C26H24FN3O2S/c1-17(2)19-6-5-7-21(14-19)28-24(31)16-33-26-29-23-9-4-3-8-22(23)25(32)30(26)15-18-10-12-20(27)13-11-18/h3-14,17H,15-16H2,1-2H3,(H,28,31). The molecule has 0 saturated heterocycles. The van der Waals surface area contributed by atoms with Gasteiger partial charge < -0.3 is 5.32 Å². The second-order valence-corrected chi connectivity index (χ2v) is 8.99. The van der Waals surface area contributed by atoms with Gasteiger partial charge in [-0.15, -0.1) is 0 Å². The summed E-state index contributed by atoms with van der Waals surface area (Å²) in [6.07, 6.45) is 0. The SMILES string of the molecule is CC(C)c1cccc(NC(=O)CSc2nc3ccccc3c(=O)n2Cc2ccc(F)cc2)c1. The van der Waals surface area contributed by atoms with Crippen LogP contribution in [0.4, 0.5) is 10.1 Å². The number of nitrogens with zero attached hydrogens (tertiary/aromatic N) is 2. The van der Waals surface area contributed by atoms with Crippen LogP contribution in [0.3, 0.4) is 0 Å². The first kappa shape index (κ1) is 22.7. The lowest BCUT2D eigenvalue weighted by molar-refractivity contribution is -0.113.